The molecule has 21 heavy (non-hydrogen) atoms. The van der Waals surface area contributed by atoms with Gasteiger partial charge in [-0.25, -0.2) is 4.39 Å². The minimum Gasteiger partial charge on any atom is -0.493 e. The highest BCUT2D eigenvalue weighted by atomic mass is 19.1. The first-order valence-corrected chi connectivity index (χ1v) is 7.08. The first-order chi connectivity index (χ1) is 10.3. The van der Waals surface area contributed by atoms with Gasteiger partial charge in [-0.3, -0.25) is 16.3 Å². The summed E-state index contributed by atoms with van der Waals surface area (Å²) in [7, 11) is 0. The van der Waals surface area contributed by atoms with Crippen LogP contribution in [0.5, 0.6) is 5.75 Å². The standard InChI is InChI=1S/C16H18FN3O/c17-13-5-3-8-19-16(13)14(20-18)10-11-7-9-21-15-6-2-1-4-12(11)15/h1-6,8,11,14,20H,7,9-10,18H2. The maximum atomic E-state index is 13.9. The van der Waals surface area contributed by atoms with E-state index in [4.69, 9.17) is 10.6 Å². The zero-order valence-corrected chi connectivity index (χ0v) is 11.6. The lowest BCUT2D eigenvalue weighted by atomic mass is 9.86. The Morgan fingerprint density at radius 3 is 3.00 bits per heavy atom. The topological polar surface area (TPSA) is 60.2 Å². The number of pyridine rings is 1. The van der Waals surface area contributed by atoms with Crippen LogP contribution in [0.25, 0.3) is 0 Å². The van der Waals surface area contributed by atoms with Crippen molar-refractivity contribution in [3.8, 4) is 5.75 Å². The maximum Gasteiger partial charge on any atom is 0.146 e. The Balaban J connectivity index is 1.84. The number of nitrogens with zero attached hydrogens (tertiary/aromatic N) is 1. The number of halogens is 1. The van der Waals surface area contributed by atoms with E-state index in [1.54, 1.807) is 12.3 Å². The van der Waals surface area contributed by atoms with Crippen molar-refractivity contribution in [1.82, 2.24) is 10.4 Å². The molecule has 1 aliphatic heterocycles. The van der Waals surface area contributed by atoms with Gasteiger partial charge >= 0.3 is 0 Å². The first kappa shape index (κ1) is 14.0. The summed E-state index contributed by atoms with van der Waals surface area (Å²) in [4.78, 5) is 4.12. The van der Waals surface area contributed by atoms with Crippen molar-refractivity contribution in [2.75, 3.05) is 6.61 Å². The van der Waals surface area contributed by atoms with E-state index in [0.29, 0.717) is 18.7 Å². The molecule has 4 nitrogen and oxygen atoms in total. The maximum absolute atomic E-state index is 13.9. The van der Waals surface area contributed by atoms with Crippen molar-refractivity contribution < 1.29 is 9.13 Å². The fourth-order valence-electron chi connectivity index (χ4n) is 2.86. The van der Waals surface area contributed by atoms with E-state index in [0.717, 1.165) is 17.7 Å². The highest BCUT2D eigenvalue weighted by Crippen LogP contribution is 2.38. The van der Waals surface area contributed by atoms with E-state index in [9.17, 15) is 4.39 Å². The molecule has 2 heterocycles. The van der Waals surface area contributed by atoms with Gasteiger partial charge in [-0.05, 0) is 42.5 Å². The van der Waals surface area contributed by atoms with Crippen LogP contribution in [0.15, 0.2) is 42.6 Å². The van der Waals surface area contributed by atoms with E-state index in [1.807, 2.05) is 18.2 Å². The van der Waals surface area contributed by atoms with Crippen molar-refractivity contribution in [3.63, 3.8) is 0 Å². The van der Waals surface area contributed by atoms with Gasteiger partial charge in [-0.15, -0.1) is 0 Å². The number of nitrogens with two attached hydrogens (primary N) is 1. The van der Waals surface area contributed by atoms with Crippen LogP contribution in [0.4, 0.5) is 4.39 Å². The van der Waals surface area contributed by atoms with Gasteiger partial charge in [0.15, 0.2) is 0 Å². The summed E-state index contributed by atoms with van der Waals surface area (Å²) >= 11 is 0. The Morgan fingerprint density at radius 2 is 2.19 bits per heavy atom. The van der Waals surface area contributed by atoms with Crippen LogP contribution in [-0.2, 0) is 0 Å². The van der Waals surface area contributed by atoms with E-state index in [1.165, 1.54) is 6.07 Å². The van der Waals surface area contributed by atoms with Crippen LogP contribution in [-0.4, -0.2) is 11.6 Å². The molecule has 2 unspecified atom stereocenters. The summed E-state index contributed by atoms with van der Waals surface area (Å²) in [6.07, 6.45) is 3.16. The highest BCUT2D eigenvalue weighted by molar-refractivity contribution is 5.38. The Morgan fingerprint density at radius 1 is 1.33 bits per heavy atom. The molecule has 2 aromatic rings. The molecule has 0 spiro atoms. The lowest BCUT2D eigenvalue weighted by molar-refractivity contribution is 0.254. The van der Waals surface area contributed by atoms with Crippen LogP contribution in [0.2, 0.25) is 0 Å². The number of hydrazine groups is 1. The molecule has 110 valence electrons. The average molecular weight is 287 g/mol. The number of aromatic nitrogens is 1. The van der Waals surface area contributed by atoms with Crippen molar-refractivity contribution in [2.45, 2.75) is 24.8 Å². The minimum absolute atomic E-state index is 0.275. The van der Waals surface area contributed by atoms with Crippen LogP contribution < -0.4 is 16.0 Å². The quantitative estimate of drug-likeness (QED) is 0.670. The van der Waals surface area contributed by atoms with Gasteiger partial charge in [0.25, 0.3) is 0 Å². The zero-order valence-electron chi connectivity index (χ0n) is 11.6. The number of ether oxygens (including phenoxy) is 1. The van der Waals surface area contributed by atoms with Gasteiger partial charge in [-0.2, -0.15) is 0 Å². The van der Waals surface area contributed by atoms with Crippen LogP contribution >= 0.6 is 0 Å². The third kappa shape index (κ3) is 2.89. The molecule has 0 fully saturated rings. The van der Waals surface area contributed by atoms with Gasteiger partial charge in [0.2, 0.25) is 0 Å². The number of fused-ring (bicyclic) bond motifs is 1. The van der Waals surface area contributed by atoms with Gasteiger partial charge in [-0.1, -0.05) is 18.2 Å². The summed E-state index contributed by atoms with van der Waals surface area (Å²) in [5, 5.41) is 0. The molecule has 1 aromatic carbocycles. The number of para-hydroxylation sites is 1. The van der Waals surface area contributed by atoms with Gasteiger partial charge in [0.05, 0.1) is 18.3 Å². The molecule has 5 heteroatoms. The molecule has 0 aliphatic carbocycles. The normalized spacial score (nSPS) is 18.7. The van der Waals surface area contributed by atoms with Crippen molar-refractivity contribution in [2.24, 2.45) is 5.84 Å². The Labute approximate surface area is 123 Å². The SMILES string of the molecule is NNC(CC1CCOc2ccccc21)c1ncccc1F. The van der Waals surface area contributed by atoms with Crippen LogP contribution in [0.3, 0.4) is 0 Å². The smallest absolute Gasteiger partial charge is 0.146 e. The van der Waals surface area contributed by atoms with E-state index in [2.05, 4.69) is 16.5 Å². The van der Waals surface area contributed by atoms with E-state index in [-0.39, 0.29) is 17.8 Å². The fraction of sp³-hybridized carbons (Fsp3) is 0.312. The molecule has 0 bridgehead atoms. The molecule has 0 radical (unpaired) electrons. The Kier molecular flexibility index (Phi) is 4.13. The summed E-state index contributed by atoms with van der Waals surface area (Å²) in [5.41, 5.74) is 4.21. The second-order valence-corrected chi connectivity index (χ2v) is 5.20. The van der Waals surface area contributed by atoms with Crippen molar-refractivity contribution in [1.29, 1.82) is 0 Å². The largest absolute Gasteiger partial charge is 0.493 e. The molecular formula is C16H18FN3O. The third-order valence-electron chi connectivity index (χ3n) is 3.92. The first-order valence-electron chi connectivity index (χ1n) is 7.08. The molecular weight excluding hydrogens is 269 g/mol. The number of rotatable bonds is 4. The van der Waals surface area contributed by atoms with Crippen LogP contribution in [0.1, 0.15) is 36.1 Å². The van der Waals surface area contributed by atoms with E-state index < -0.39 is 0 Å². The van der Waals surface area contributed by atoms with Gasteiger partial charge in [0.1, 0.15) is 11.6 Å². The Bertz CT molecular complexity index is 620. The molecule has 2 atom stereocenters. The third-order valence-corrected chi connectivity index (χ3v) is 3.92. The molecule has 0 saturated carbocycles. The average Bonchev–Trinajstić information content (AvgIpc) is 2.53. The van der Waals surface area contributed by atoms with Crippen LogP contribution in [0, 0.1) is 5.82 Å². The summed E-state index contributed by atoms with van der Waals surface area (Å²) < 4.78 is 19.6. The van der Waals surface area contributed by atoms with E-state index >= 15 is 0 Å². The van der Waals surface area contributed by atoms with Crippen molar-refractivity contribution in [3.05, 3.63) is 59.7 Å². The number of benzene rings is 1. The monoisotopic (exact) mass is 287 g/mol. The second kappa shape index (κ2) is 6.20. The van der Waals surface area contributed by atoms with Gasteiger partial charge in [0, 0.05) is 6.20 Å². The molecule has 3 N–H and O–H groups in total. The number of hydrogen-bond acceptors (Lipinski definition) is 4. The predicted octanol–water partition coefficient (Wildman–Crippen LogP) is 2.68. The van der Waals surface area contributed by atoms with Gasteiger partial charge < -0.3 is 4.74 Å². The molecule has 1 aromatic heterocycles. The fourth-order valence-corrected chi connectivity index (χ4v) is 2.86. The minimum atomic E-state index is -0.333. The Hall–Kier alpha value is -1.98. The number of hydrogen-bond donors (Lipinski definition) is 2. The second-order valence-electron chi connectivity index (χ2n) is 5.20. The number of nitrogens with one attached hydrogen (secondary N) is 1. The molecule has 3 rings (SSSR count). The molecule has 1 aliphatic rings. The highest BCUT2D eigenvalue weighted by Gasteiger charge is 2.26. The lowest BCUT2D eigenvalue weighted by Gasteiger charge is -2.28. The summed E-state index contributed by atoms with van der Waals surface area (Å²) in [5.74, 6) is 6.47. The lowest BCUT2D eigenvalue weighted by Crippen LogP contribution is -2.31. The molecule has 0 saturated heterocycles. The molecule has 0 amide bonds. The summed E-state index contributed by atoms with van der Waals surface area (Å²) in [6, 6.07) is 10.6. The predicted molar refractivity (Wildman–Crippen MR) is 78.2 cm³/mol. The summed E-state index contributed by atoms with van der Waals surface area (Å²) in [6.45, 7) is 0.670. The zero-order chi connectivity index (χ0) is 14.7. The van der Waals surface area contributed by atoms with Crippen molar-refractivity contribution >= 4 is 0 Å².